The summed E-state index contributed by atoms with van der Waals surface area (Å²) in [4.78, 5) is 3.63. The molecule has 1 aromatic rings. The lowest BCUT2D eigenvalue weighted by Gasteiger charge is -2.24. The van der Waals surface area contributed by atoms with Gasteiger partial charge in [0.25, 0.3) is 0 Å². The van der Waals surface area contributed by atoms with Crippen LogP contribution in [0.5, 0.6) is 0 Å². The second-order valence-electron chi connectivity index (χ2n) is 2.84. The van der Waals surface area contributed by atoms with E-state index in [0.717, 1.165) is 6.54 Å². The Balaban J connectivity index is 2.69. The molecular weight excluding hydrogens is 168 g/mol. The number of nitrogens with zero attached hydrogens (tertiary/aromatic N) is 1. The van der Waals surface area contributed by atoms with Gasteiger partial charge in [-0.25, -0.2) is 0 Å². The van der Waals surface area contributed by atoms with E-state index in [1.54, 1.807) is 11.3 Å². The van der Waals surface area contributed by atoms with Crippen molar-refractivity contribution >= 4 is 11.3 Å². The lowest BCUT2D eigenvalue weighted by atomic mass is 10.2. The zero-order chi connectivity index (χ0) is 8.97. The lowest BCUT2D eigenvalue weighted by molar-refractivity contribution is 0.267. The van der Waals surface area contributed by atoms with E-state index in [1.165, 1.54) is 4.88 Å². The summed E-state index contributed by atoms with van der Waals surface area (Å²) in [6.07, 6.45) is 0. The summed E-state index contributed by atoms with van der Waals surface area (Å²) >= 11 is 1.78. The quantitative estimate of drug-likeness (QED) is 0.771. The summed E-state index contributed by atoms with van der Waals surface area (Å²) in [5, 5.41) is 2.10. The highest BCUT2D eigenvalue weighted by Crippen LogP contribution is 2.22. The topological polar surface area (TPSA) is 29.3 Å². The highest BCUT2D eigenvalue weighted by Gasteiger charge is 2.13. The number of likely N-dealkylation sites (N-methyl/N-ethyl adjacent to an activating group) is 1. The van der Waals surface area contributed by atoms with Crippen LogP contribution in [0.25, 0.3) is 0 Å². The summed E-state index contributed by atoms with van der Waals surface area (Å²) in [6.45, 7) is 3.89. The molecular formula is C9H16N2S. The first-order valence-corrected chi connectivity index (χ1v) is 5.11. The molecule has 2 nitrogen and oxygen atoms in total. The second-order valence-corrected chi connectivity index (χ2v) is 3.82. The van der Waals surface area contributed by atoms with Crippen molar-refractivity contribution in [2.24, 2.45) is 5.73 Å². The Morgan fingerprint density at radius 2 is 2.42 bits per heavy atom. The van der Waals surface area contributed by atoms with Crippen LogP contribution in [0.15, 0.2) is 17.5 Å². The zero-order valence-electron chi connectivity index (χ0n) is 7.66. The predicted molar refractivity (Wildman–Crippen MR) is 54.4 cm³/mol. The van der Waals surface area contributed by atoms with Crippen LogP contribution in [-0.4, -0.2) is 25.0 Å². The Hall–Kier alpha value is -0.380. The highest BCUT2D eigenvalue weighted by atomic mass is 32.1. The van der Waals surface area contributed by atoms with Crippen molar-refractivity contribution in [2.75, 3.05) is 20.1 Å². The van der Waals surface area contributed by atoms with E-state index in [9.17, 15) is 0 Å². The molecule has 1 heterocycles. The van der Waals surface area contributed by atoms with Gasteiger partial charge in [0.1, 0.15) is 0 Å². The van der Waals surface area contributed by atoms with E-state index in [0.29, 0.717) is 12.6 Å². The molecule has 3 heteroatoms. The lowest BCUT2D eigenvalue weighted by Crippen LogP contribution is -2.29. The van der Waals surface area contributed by atoms with Gasteiger partial charge in [-0.1, -0.05) is 13.0 Å². The first-order chi connectivity index (χ1) is 5.79. The normalized spacial score (nSPS) is 13.7. The minimum Gasteiger partial charge on any atom is -0.329 e. The Morgan fingerprint density at radius 1 is 1.67 bits per heavy atom. The minimum atomic E-state index is 0.398. The van der Waals surface area contributed by atoms with E-state index < -0.39 is 0 Å². The van der Waals surface area contributed by atoms with E-state index in [1.807, 2.05) is 0 Å². The number of hydrogen-bond donors (Lipinski definition) is 1. The molecule has 0 saturated carbocycles. The maximum Gasteiger partial charge on any atom is 0.0561 e. The van der Waals surface area contributed by atoms with Gasteiger partial charge in [0.2, 0.25) is 0 Å². The smallest absolute Gasteiger partial charge is 0.0561 e. The van der Waals surface area contributed by atoms with Gasteiger partial charge in [0, 0.05) is 11.4 Å². The second kappa shape index (κ2) is 4.60. The summed E-state index contributed by atoms with van der Waals surface area (Å²) in [5.41, 5.74) is 5.71. The van der Waals surface area contributed by atoms with E-state index in [4.69, 9.17) is 5.73 Å². The maximum absolute atomic E-state index is 5.71. The summed E-state index contributed by atoms with van der Waals surface area (Å²) in [7, 11) is 2.11. The van der Waals surface area contributed by atoms with Crippen LogP contribution in [0.1, 0.15) is 17.8 Å². The average molecular weight is 184 g/mol. The maximum atomic E-state index is 5.71. The van der Waals surface area contributed by atoms with Crippen molar-refractivity contribution in [1.82, 2.24) is 4.90 Å². The fourth-order valence-corrected chi connectivity index (χ4v) is 2.12. The monoisotopic (exact) mass is 184 g/mol. The molecule has 0 radical (unpaired) electrons. The zero-order valence-corrected chi connectivity index (χ0v) is 8.47. The molecule has 0 fully saturated rings. The first-order valence-electron chi connectivity index (χ1n) is 4.23. The Kier molecular flexibility index (Phi) is 3.72. The van der Waals surface area contributed by atoms with Crippen LogP contribution in [-0.2, 0) is 0 Å². The van der Waals surface area contributed by atoms with Gasteiger partial charge < -0.3 is 5.73 Å². The average Bonchev–Trinajstić information content (AvgIpc) is 2.58. The van der Waals surface area contributed by atoms with E-state index >= 15 is 0 Å². The van der Waals surface area contributed by atoms with Crippen LogP contribution < -0.4 is 5.73 Å². The molecule has 0 spiro atoms. The third-order valence-electron chi connectivity index (χ3n) is 2.13. The molecule has 0 aliphatic rings. The van der Waals surface area contributed by atoms with Gasteiger partial charge in [0.15, 0.2) is 0 Å². The van der Waals surface area contributed by atoms with Crippen LogP contribution in [0.3, 0.4) is 0 Å². The third-order valence-corrected chi connectivity index (χ3v) is 3.10. The summed E-state index contributed by atoms with van der Waals surface area (Å²) < 4.78 is 0. The van der Waals surface area contributed by atoms with Crippen LogP contribution in [0.4, 0.5) is 0 Å². The molecule has 0 aliphatic heterocycles. The number of thiophene rings is 1. The van der Waals surface area contributed by atoms with Gasteiger partial charge in [-0.2, -0.15) is 0 Å². The van der Waals surface area contributed by atoms with Crippen molar-refractivity contribution in [3.63, 3.8) is 0 Å². The molecule has 1 rings (SSSR count). The van der Waals surface area contributed by atoms with Crippen molar-refractivity contribution in [2.45, 2.75) is 13.0 Å². The largest absolute Gasteiger partial charge is 0.329 e. The van der Waals surface area contributed by atoms with E-state index in [-0.39, 0.29) is 0 Å². The predicted octanol–water partition coefficient (Wildman–Crippen LogP) is 1.70. The SMILES string of the molecule is CCN(C)C(CN)c1cccs1. The molecule has 68 valence electrons. The molecule has 0 aliphatic carbocycles. The Bertz CT molecular complexity index is 208. The molecule has 2 N–H and O–H groups in total. The van der Waals surface area contributed by atoms with Crippen molar-refractivity contribution in [1.29, 1.82) is 0 Å². The minimum absolute atomic E-state index is 0.398. The fraction of sp³-hybridized carbons (Fsp3) is 0.556. The van der Waals surface area contributed by atoms with Gasteiger partial charge in [-0.05, 0) is 25.0 Å². The van der Waals surface area contributed by atoms with Crippen LogP contribution in [0, 0.1) is 0 Å². The summed E-state index contributed by atoms with van der Waals surface area (Å²) in [6, 6.07) is 4.62. The molecule has 1 atom stereocenters. The van der Waals surface area contributed by atoms with Gasteiger partial charge in [0.05, 0.1) is 6.04 Å². The Labute approximate surface area is 78.0 Å². The van der Waals surface area contributed by atoms with Crippen LogP contribution in [0.2, 0.25) is 0 Å². The molecule has 0 saturated heterocycles. The molecule has 0 amide bonds. The highest BCUT2D eigenvalue weighted by molar-refractivity contribution is 7.10. The number of rotatable bonds is 4. The third kappa shape index (κ3) is 2.06. The van der Waals surface area contributed by atoms with Crippen molar-refractivity contribution in [3.8, 4) is 0 Å². The first kappa shape index (κ1) is 9.71. The van der Waals surface area contributed by atoms with Crippen molar-refractivity contribution < 1.29 is 0 Å². The molecule has 0 bridgehead atoms. The van der Waals surface area contributed by atoms with Crippen molar-refractivity contribution in [3.05, 3.63) is 22.4 Å². The number of nitrogens with two attached hydrogens (primary N) is 1. The van der Waals surface area contributed by atoms with E-state index in [2.05, 4.69) is 36.4 Å². The van der Waals surface area contributed by atoms with Crippen LogP contribution >= 0.6 is 11.3 Å². The molecule has 12 heavy (non-hydrogen) atoms. The molecule has 1 aromatic heterocycles. The standard InChI is InChI=1S/C9H16N2S/c1-3-11(2)8(7-10)9-5-4-6-12-9/h4-6,8H,3,7,10H2,1-2H3. The Morgan fingerprint density at radius 3 is 2.83 bits per heavy atom. The number of hydrogen-bond acceptors (Lipinski definition) is 3. The van der Waals surface area contributed by atoms with Gasteiger partial charge >= 0.3 is 0 Å². The van der Waals surface area contributed by atoms with Gasteiger partial charge in [-0.15, -0.1) is 11.3 Å². The van der Waals surface area contributed by atoms with Gasteiger partial charge in [-0.3, -0.25) is 4.90 Å². The molecule has 0 aromatic carbocycles. The fourth-order valence-electron chi connectivity index (χ4n) is 1.21. The molecule has 1 unspecified atom stereocenters. The summed E-state index contributed by atoms with van der Waals surface area (Å²) in [5.74, 6) is 0.